The van der Waals surface area contributed by atoms with E-state index in [2.05, 4.69) is 24.1 Å². The first-order valence-electron chi connectivity index (χ1n) is 6.99. The zero-order valence-electron chi connectivity index (χ0n) is 12.3. The fourth-order valence-electron chi connectivity index (χ4n) is 2.56. The number of rotatable bonds is 6. The number of carbonyl (C=O) groups excluding carboxylic acids is 1. The summed E-state index contributed by atoms with van der Waals surface area (Å²) in [5.41, 5.74) is 0. The Labute approximate surface area is 115 Å². The molecule has 1 unspecified atom stereocenters. The zero-order chi connectivity index (χ0) is 14.6. The zero-order valence-corrected chi connectivity index (χ0v) is 12.3. The number of nitrogens with one attached hydrogen (secondary N) is 1. The molecule has 5 heteroatoms. The Morgan fingerprint density at radius 2 is 1.84 bits per heavy atom. The van der Waals surface area contributed by atoms with Crippen molar-refractivity contribution in [1.82, 2.24) is 10.2 Å². The summed E-state index contributed by atoms with van der Waals surface area (Å²) in [7, 11) is 3.97. The lowest BCUT2D eigenvalue weighted by molar-refractivity contribution is -0.141. The van der Waals surface area contributed by atoms with Crippen LogP contribution in [0, 0.1) is 17.8 Å². The van der Waals surface area contributed by atoms with E-state index in [0.717, 1.165) is 6.54 Å². The minimum Gasteiger partial charge on any atom is -0.481 e. The van der Waals surface area contributed by atoms with Gasteiger partial charge in [0.1, 0.15) is 0 Å². The van der Waals surface area contributed by atoms with Crippen molar-refractivity contribution in [1.29, 1.82) is 0 Å². The first-order chi connectivity index (χ1) is 8.81. The summed E-state index contributed by atoms with van der Waals surface area (Å²) >= 11 is 0. The average molecular weight is 270 g/mol. The molecule has 3 atom stereocenters. The summed E-state index contributed by atoms with van der Waals surface area (Å²) in [5, 5.41) is 12.0. The van der Waals surface area contributed by atoms with Crippen LogP contribution >= 0.6 is 0 Å². The molecule has 1 rings (SSSR count). The number of carboxylic acid groups (broad SMARTS) is 1. The molecule has 1 saturated carbocycles. The van der Waals surface area contributed by atoms with Crippen LogP contribution in [0.15, 0.2) is 0 Å². The maximum Gasteiger partial charge on any atom is 0.306 e. The highest BCUT2D eigenvalue weighted by Gasteiger charge is 2.34. The summed E-state index contributed by atoms with van der Waals surface area (Å²) in [5.74, 6) is -0.872. The summed E-state index contributed by atoms with van der Waals surface area (Å²) in [6, 6.07) is 0.117. The average Bonchev–Trinajstić information content (AvgIpc) is 2.76. The fraction of sp³-hybridized carbons (Fsp3) is 0.857. The van der Waals surface area contributed by atoms with E-state index in [4.69, 9.17) is 5.11 Å². The van der Waals surface area contributed by atoms with E-state index >= 15 is 0 Å². The predicted molar refractivity (Wildman–Crippen MR) is 73.8 cm³/mol. The molecule has 0 aromatic carbocycles. The highest BCUT2D eigenvalue weighted by Crippen LogP contribution is 2.31. The van der Waals surface area contributed by atoms with Gasteiger partial charge in [-0.2, -0.15) is 0 Å². The van der Waals surface area contributed by atoms with Crippen LogP contribution in [0.25, 0.3) is 0 Å². The first-order valence-corrected chi connectivity index (χ1v) is 6.99. The first kappa shape index (κ1) is 16.0. The molecule has 0 aliphatic heterocycles. The summed E-state index contributed by atoms with van der Waals surface area (Å²) < 4.78 is 0. The number of hydrogen-bond acceptors (Lipinski definition) is 3. The van der Waals surface area contributed by atoms with Crippen LogP contribution in [-0.2, 0) is 9.59 Å². The lowest BCUT2D eigenvalue weighted by Gasteiger charge is -2.27. The predicted octanol–water partition coefficient (Wildman–Crippen LogP) is 1.19. The van der Waals surface area contributed by atoms with Gasteiger partial charge in [-0.3, -0.25) is 9.59 Å². The second-order valence-electron chi connectivity index (χ2n) is 6.17. The molecule has 1 aliphatic carbocycles. The Morgan fingerprint density at radius 1 is 1.26 bits per heavy atom. The molecule has 0 aromatic rings. The van der Waals surface area contributed by atoms with E-state index in [0.29, 0.717) is 25.2 Å². The second-order valence-corrected chi connectivity index (χ2v) is 6.17. The van der Waals surface area contributed by atoms with Gasteiger partial charge in [0.15, 0.2) is 0 Å². The highest BCUT2D eigenvalue weighted by molar-refractivity contribution is 5.81. The number of aliphatic carboxylic acids is 1. The Morgan fingerprint density at radius 3 is 2.26 bits per heavy atom. The molecule has 1 fully saturated rings. The van der Waals surface area contributed by atoms with Crippen LogP contribution in [-0.4, -0.2) is 48.6 Å². The smallest absolute Gasteiger partial charge is 0.306 e. The van der Waals surface area contributed by atoms with Gasteiger partial charge in [-0.25, -0.2) is 0 Å². The normalized spacial score (nSPS) is 24.7. The second kappa shape index (κ2) is 6.89. The largest absolute Gasteiger partial charge is 0.481 e. The monoisotopic (exact) mass is 270 g/mol. The van der Waals surface area contributed by atoms with Crippen molar-refractivity contribution < 1.29 is 14.7 Å². The van der Waals surface area contributed by atoms with E-state index in [9.17, 15) is 9.59 Å². The number of likely N-dealkylation sites (N-methyl/N-ethyl adjacent to an activating group) is 1. The third-order valence-corrected chi connectivity index (χ3v) is 3.85. The van der Waals surface area contributed by atoms with Gasteiger partial charge in [-0.05, 0) is 39.3 Å². The summed E-state index contributed by atoms with van der Waals surface area (Å²) in [4.78, 5) is 25.1. The van der Waals surface area contributed by atoms with Gasteiger partial charge in [0.2, 0.25) is 5.91 Å². The van der Waals surface area contributed by atoms with Crippen LogP contribution in [0.1, 0.15) is 33.1 Å². The molecule has 0 aromatic heterocycles. The minimum absolute atomic E-state index is 0.0179. The van der Waals surface area contributed by atoms with Crippen LogP contribution in [0.5, 0.6) is 0 Å². The van der Waals surface area contributed by atoms with Gasteiger partial charge >= 0.3 is 5.97 Å². The molecule has 1 amide bonds. The van der Waals surface area contributed by atoms with Crippen molar-refractivity contribution in [3.63, 3.8) is 0 Å². The van der Waals surface area contributed by atoms with E-state index in [1.54, 1.807) is 0 Å². The summed E-state index contributed by atoms with van der Waals surface area (Å²) in [6.45, 7) is 4.98. The van der Waals surface area contributed by atoms with E-state index in [1.807, 2.05) is 14.1 Å². The lowest BCUT2D eigenvalue weighted by atomic mass is 10.0. The van der Waals surface area contributed by atoms with Gasteiger partial charge in [0.25, 0.3) is 0 Å². The van der Waals surface area contributed by atoms with E-state index < -0.39 is 5.97 Å². The van der Waals surface area contributed by atoms with Crippen molar-refractivity contribution in [2.75, 3.05) is 20.6 Å². The van der Waals surface area contributed by atoms with Crippen LogP contribution in [0.3, 0.4) is 0 Å². The highest BCUT2D eigenvalue weighted by atomic mass is 16.4. The standard InChI is InChI=1S/C14H26N2O3/c1-9(2)12(8-16(3)4)15-13(17)10-5-6-11(7-10)14(18)19/h9-12H,5-8H2,1-4H3,(H,15,17)(H,18,19)/t10-,11+,12?/m1/s1. The molecule has 110 valence electrons. The molecular weight excluding hydrogens is 244 g/mol. The molecule has 0 spiro atoms. The molecule has 0 saturated heterocycles. The third kappa shape index (κ3) is 4.82. The van der Waals surface area contributed by atoms with E-state index in [1.165, 1.54) is 0 Å². The Bertz CT molecular complexity index is 329. The maximum absolute atomic E-state index is 12.2. The summed E-state index contributed by atoms with van der Waals surface area (Å²) in [6.07, 6.45) is 1.79. The van der Waals surface area contributed by atoms with Crippen LogP contribution in [0.4, 0.5) is 0 Å². The molecule has 0 bridgehead atoms. The quantitative estimate of drug-likeness (QED) is 0.760. The lowest BCUT2D eigenvalue weighted by Crippen LogP contribution is -2.46. The van der Waals surface area contributed by atoms with Gasteiger partial charge < -0.3 is 15.3 Å². The van der Waals surface area contributed by atoms with Gasteiger partial charge in [0.05, 0.1) is 5.92 Å². The number of carbonyl (C=O) groups is 2. The van der Waals surface area contributed by atoms with Crippen LogP contribution < -0.4 is 5.32 Å². The molecular formula is C14H26N2O3. The van der Waals surface area contributed by atoms with E-state index in [-0.39, 0.29) is 23.8 Å². The minimum atomic E-state index is -0.774. The molecule has 1 aliphatic rings. The topological polar surface area (TPSA) is 69.6 Å². The molecule has 2 N–H and O–H groups in total. The van der Waals surface area contributed by atoms with Gasteiger partial charge in [-0.15, -0.1) is 0 Å². The Hall–Kier alpha value is -1.10. The number of amides is 1. The van der Waals surface area contributed by atoms with Gasteiger partial charge in [0, 0.05) is 18.5 Å². The Balaban J connectivity index is 2.51. The third-order valence-electron chi connectivity index (χ3n) is 3.85. The van der Waals surface area contributed by atoms with Crippen LogP contribution in [0.2, 0.25) is 0 Å². The maximum atomic E-state index is 12.2. The number of carboxylic acids is 1. The molecule has 5 nitrogen and oxygen atoms in total. The van der Waals surface area contributed by atoms with Crippen molar-refractivity contribution >= 4 is 11.9 Å². The van der Waals surface area contributed by atoms with Crippen molar-refractivity contribution in [3.05, 3.63) is 0 Å². The van der Waals surface area contributed by atoms with Crippen molar-refractivity contribution in [2.45, 2.75) is 39.2 Å². The molecule has 19 heavy (non-hydrogen) atoms. The molecule has 0 heterocycles. The van der Waals surface area contributed by atoms with Crippen molar-refractivity contribution in [3.8, 4) is 0 Å². The van der Waals surface area contributed by atoms with Gasteiger partial charge in [-0.1, -0.05) is 13.8 Å². The SMILES string of the molecule is CC(C)C(CN(C)C)NC(=O)[C@@H]1CC[C@H](C(=O)O)C1. The number of hydrogen-bond donors (Lipinski definition) is 2. The Kier molecular flexibility index (Phi) is 5.79. The number of nitrogens with zero attached hydrogens (tertiary/aromatic N) is 1. The molecule has 0 radical (unpaired) electrons. The van der Waals surface area contributed by atoms with Crippen molar-refractivity contribution in [2.24, 2.45) is 17.8 Å². The fourth-order valence-corrected chi connectivity index (χ4v) is 2.56.